The van der Waals surface area contributed by atoms with E-state index in [1.54, 1.807) is 14.2 Å². The van der Waals surface area contributed by atoms with E-state index in [1.165, 1.54) is 0 Å². The van der Waals surface area contributed by atoms with Crippen molar-refractivity contribution in [2.45, 2.75) is 77.1 Å². The Kier molecular flexibility index (Phi) is 15.7. The molecule has 9 heteroatoms. The highest BCUT2D eigenvalue weighted by molar-refractivity contribution is 6.57. The molecule has 0 aliphatic heterocycles. The first-order chi connectivity index (χ1) is 12.9. The van der Waals surface area contributed by atoms with Crippen molar-refractivity contribution in [3.05, 3.63) is 0 Å². The van der Waals surface area contributed by atoms with Crippen molar-refractivity contribution in [2.24, 2.45) is 0 Å². The Balaban J connectivity index is 5.20. The maximum absolute atomic E-state index is 10.00. The maximum atomic E-state index is 10.00. The fraction of sp³-hybridized carbons (Fsp3) is 1.00. The molecule has 0 radical (unpaired) electrons. The Labute approximate surface area is 165 Å². The molecule has 0 aromatic carbocycles. The molecule has 0 aromatic rings. The Morgan fingerprint density at radius 3 is 1.85 bits per heavy atom. The van der Waals surface area contributed by atoms with E-state index < -0.39 is 21.2 Å². The lowest BCUT2D eigenvalue weighted by Gasteiger charge is -2.39. The molecular formula is C18H41NO7Si. The summed E-state index contributed by atoms with van der Waals surface area (Å²) in [5.41, 5.74) is 0. The summed E-state index contributed by atoms with van der Waals surface area (Å²) < 4.78 is 19.7. The summed E-state index contributed by atoms with van der Waals surface area (Å²) in [5.74, 6) is 0. The molecule has 0 bridgehead atoms. The molecule has 0 heterocycles. The Morgan fingerprint density at radius 1 is 0.852 bits per heavy atom. The van der Waals surface area contributed by atoms with Crippen molar-refractivity contribution >= 4 is 8.97 Å². The maximum Gasteiger partial charge on any atom is 0.599 e. The molecule has 164 valence electrons. The third kappa shape index (κ3) is 10.3. The minimum atomic E-state index is -3.22. The van der Waals surface area contributed by atoms with Crippen molar-refractivity contribution in [1.29, 1.82) is 0 Å². The average Bonchev–Trinajstić information content (AvgIpc) is 2.68. The number of rotatable bonds is 18. The first kappa shape index (κ1) is 26.9. The van der Waals surface area contributed by atoms with Crippen molar-refractivity contribution in [3.8, 4) is 0 Å². The molecule has 0 aliphatic carbocycles. The predicted molar refractivity (Wildman–Crippen MR) is 106 cm³/mol. The van der Waals surface area contributed by atoms with Gasteiger partial charge < -0.3 is 33.7 Å². The van der Waals surface area contributed by atoms with E-state index in [-0.39, 0.29) is 25.9 Å². The highest BCUT2D eigenvalue weighted by Gasteiger charge is 2.49. The van der Waals surface area contributed by atoms with Crippen LogP contribution in [0.3, 0.4) is 0 Å². The highest BCUT2D eigenvalue weighted by atomic mass is 28.4. The van der Waals surface area contributed by atoms with E-state index >= 15 is 0 Å². The minimum absolute atomic E-state index is 0.0107. The van der Waals surface area contributed by atoms with Gasteiger partial charge >= 0.3 is 8.97 Å². The zero-order valence-electron chi connectivity index (χ0n) is 17.5. The van der Waals surface area contributed by atoms with Crippen molar-refractivity contribution in [2.75, 3.05) is 40.5 Å². The van der Waals surface area contributed by atoms with Crippen LogP contribution in [0.4, 0.5) is 0 Å². The topological polar surface area (TPSA) is 112 Å². The molecule has 0 amide bonds. The smallest absolute Gasteiger partial charge is 0.394 e. The number of unbranched alkanes of at least 4 members (excludes halogenated alkanes) is 1. The van der Waals surface area contributed by atoms with E-state index in [2.05, 4.69) is 13.8 Å². The zero-order chi connectivity index (χ0) is 20.7. The van der Waals surface area contributed by atoms with Crippen LogP contribution in [0.15, 0.2) is 0 Å². The quantitative estimate of drug-likeness (QED) is 0.194. The summed E-state index contributed by atoms with van der Waals surface area (Å²) in [7, 11) is -0.116. The van der Waals surface area contributed by atoms with E-state index in [0.29, 0.717) is 25.8 Å². The van der Waals surface area contributed by atoms with Gasteiger partial charge in [-0.15, -0.1) is 0 Å². The number of hydrogen-bond donors (Lipinski definition) is 4. The fourth-order valence-electron chi connectivity index (χ4n) is 3.06. The van der Waals surface area contributed by atoms with Crippen LogP contribution in [0.5, 0.6) is 0 Å². The molecule has 0 saturated heterocycles. The largest absolute Gasteiger partial charge is 0.599 e. The molecule has 8 nitrogen and oxygen atoms in total. The Morgan fingerprint density at radius 2 is 1.41 bits per heavy atom. The van der Waals surface area contributed by atoms with Gasteiger partial charge in [0, 0.05) is 20.8 Å². The second-order valence-corrected chi connectivity index (χ2v) is 9.60. The van der Waals surface area contributed by atoms with Gasteiger partial charge in [0.1, 0.15) is 0 Å². The summed E-state index contributed by atoms with van der Waals surface area (Å²) in [6.07, 6.45) is 4.05. The SMILES string of the molecule is CCCC(CCC)O[Si](OC)(OC)N(CCCCC(O)CO)CC(O)CO. The monoisotopic (exact) mass is 411 g/mol. The van der Waals surface area contributed by atoms with Crippen LogP contribution < -0.4 is 0 Å². The molecule has 0 aromatic heterocycles. The van der Waals surface area contributed by atoms with Gasteiger partial charge in [-0.25, -0.2) is 0 Å². The zero-order valence-corrected chi connectivity index (χ0v) is 18.5. The van der Waals surface area contributed by atoms with E-state index in [4.69, 9.17) is 18.4 Å². The Bertz CT molecular complexity index is 342. The molecule has 0 spiro atoms. The summed E-state index contributed by atoms with van der Waals surface area (Å²) in [4.78, 5) is 0. The van der Waals surface area contributed by atoms with Crippen LogP contribution in [-0.4, -0.2) is 92.8 Å². The van der Waals surface area contributed by atoms with Gasteiger partial charge in [0.25, 0.3) is 0 Å². The van der Waals surface area contributed by atoms with E-state index in [1.807, 2.05) is 4.57 Å². The summed E-state index contributed by atoms with van der Waals surface area (Å²) in [5, 5.41) is 37.7. The lowest BCUT2D eigenvalue weighted by molar-refractivity contribution is -0.0160. The third-order valence-electron chi connectivity index (χ3n) is 4.51. The molecule has 2 unspecified atom stereocenters. The standard InChI is InChI=1S/C18H41NO7Si/c1-5-9-18(10-6-2)26-27(24-3,25-4)19(13-17(23)15-21)12-8-7-11-16(22)14-20/h16-18,20-23H,5-15H2,1-4H3. The van der Waals surface area contributed by atoms with Crippen molar-refractivity contribution < 1.29 is 33.7 Å². The van der Waals surface area contributed by atoms with E-state index in [0.717, 1.165) is 25.7 Å². The predicted octanol–water partition coefficient (Wildman–Crippen LogP) is 0.879. The molecule has 2 atom stereocenters. The minimum Gasteiger partial charge on any atom is -0.394 e. The number of aliphatic hydroxyl groups is 4. The van der Waals surface area contributed by atoms with Gasteiger partial charge in [0.05, 0.1) is 31.5 Å². The van der Waals surface area contributed by atoms with Gasteiger partial charge in [-0.05, 0) is 38.6 Å². The first-order valence-corrected chi connectivity index (χ1v) is 11.7. The van der Waals surface area contributed by atoms with Crippen LogP contribution in [0.1, 0.15) is 58.8 Å². The van der Waals surface area contributed by atoms with Crippen LogP contribution in [0, 0.1) is 0 Å². The van der Waals surface area contributed by atoms with Gasteiger partial charge in [-0.3, -0.25) is 4.57 Å². The van der Waals surface area contributed by atoms with Gasteiger partial charge in [-0.1, -0.05) is 26.7 Å². The molecular weight excluding hydrogens is 370 g/mol. The molecule has 0 aliphatic rings. The third-order valence-corrected chi connectivity index (χ3v) is 7.35. The van der Waals surface area contributed by atoms with Gasteiger partial charge in [0.2, 0.25) is 0 Å². The molecule has 0 rings (SSSR count). The summed E-state index contributed by atoms with van der Waals surface area (Å²) in [6, 6.07) is 0. The number of hydrogen-bond acceptors (Lipinski definition) is 8. The van der Waals surface area contributed by atoms with E-state index in [9.17, 15) is 15.3 Å². The lowest BCUT2D eigenvalue weighted by Crippen LogP contribution is -2.63. The molecule has 4 N–H and O–H groups in total. The number of aliphatic hydroxyl groups excluding tert-OH is 4. The lowest BCUT2D eigenvalue weighted by atomic mass is 10.1. The molecule has 27 heavy (non-hydrogen) atoms. The second-order valence-electron chi connectivity index (χ2n) is 6.86. The highest BCUT2D eigenvalue weighted by Crippen LogP contribution is 2.22. The van der Waals surface area contributed by atoms with Gasteiger partial charge in [-0.2, -0.15) is 0 Å². The summed E-state index contributed by atoms with van der Waals surface area (Å²) in [6.45, 7) is 4.32. The summed E-state index contributed by atoms with van der Waals surface area (Å²) >= 11 is 0. The number of nitrogens with zero attached hydrogens (tertiary/aromatic N) is 1. The van der Waals surface area contributed by atoms with Crippen molar-refractivity contribution in [1.82, 2.24) is 4.57 Å². The normalized spacial score (nSPS) is 14.9. The Hall–Kier alpha value is -0.103. The van der Waals surface area contributed by atoms with Crippen LogP contribution in [0.25, 0.3) is 0 Å². The van der Waals surface area contributed by atoms with Crippen LogP contribution in [0.2, 0.25) is 0 Å². The van der Waals surface area contributed by atoms with Crippen LogP contribution >= 0.6 is 0 Å². The average molecular weight is 412 g/mol. The fourth-order valence-corrected chi connectivity index (χ4v) is 5.60. The first-order valence-electron chi connectivity index (χ1n) is 10.0. The molecule has 0 fully saturated rings. The van der Waals surface area contributed by atoms with Crippen LogP contribution in [-0.2, 0) is 13.3 Å². The molecule has 0 saturated carbocycles. The second kappa shape index (κ2) is 15.8. The van der Waals surface area contributed by atoms with Crippen molar-refractivity contribution in [3.63, 3.8) is 0 Å². The van der Waals surface area contributed by atoms with Gasteiger partial charge in [0.15, 0.2) is 0 Å².